The molecule has 106 valence electrons. The minimum absolute atomic E-state index is 0.0294. The Morgan fingerprint density at radius 1 is 1.40 bits per heavy atom. The van der Waals surface area contributed by atoms with Gasteiger partial charge in [0.05, 0.1) is 28.3 Å². The standard InChI is InChI=1S/C12H7ClF3NO3/c13-9-2-1-6(12(14,15)16)3-8(9)11-17-7(5-20-11)4-10(18)19/h1-3,5H,4H2,(H,18,19). The number of hydrogen-bond donors (Lipinski definition) is 1. The number of alkyl halides is 3. The van der Waals surface area contributed by atoms with Gasteiger partial charge in [0.25, 0.3) is 0 Å². The summed E-state index contributed by atoms with van der Waals surface area (Å²) in [6.07, 6.45) is -3.84. The molecule has 2 aromatic rings. The first-order valence-electron chi connectivity index (χ1n) is 5.30. The van der Waals surface area contributed by atoms with E-state index in [0.29, 0.717) is 0 Å². The van der Waals surface area contributed by atoms with Crippen LogP contribution < -0.4 is 0 Å². The molecule has 1 aromatic carbocycles. The van der Waals surface area contributed by atoms with Crippen molar-refractivity contribution in [3.63, 3.8) is 0 Å². The summed E-state index contributed by atoms with van der Waals surface area (Å²) in [6.45, 7) is 0. The second kappa shape index (κ2) is 5.16. The summed E-state index contributed by atoms with van der Waals surface area (Å²) in [5.41, 5.74) is -0.839. The van der Waals surface area contributed by atoms with Crippen molar-refractivity contribution in [2.45, 2.75) is 12.6 Å². The Morgan fingerprint density at radius 3 is 2.70 bits per heavy atom. The second-order valence-corrected chi connectivity index (χ2v) is 4.31. The molecule has 8 heteroatoms. The smallest absolute Gasteiger partial charge is 0.416 e. The quantitative estimate of drug-likeness (QED) is 0.940. The maximum atomic E-state index is 12.6. The first-order chi connectivity index (χ1) is 9.27. The van der Waals surface area contributed by atoms with Crippen LogP contribution in [0.4, 0.5) is 13.2 Å². The molecule has 0 aliphatic rings. The highest BCUT2D eigenvalue weighted by Gasteiger charge is 2.31. The normalized spacial score (nSPS) is 11.6. The van der Waals surface area contributed by atoms with Gasteiger partial charge in [-0.3, -0.25) is 4.79 Å². The van der Waals surface area contributed by atoms with E-state index >= 15 is 0 Å². The molecule has 0 fully saturated rings. The Balaban J connectivity index is 2.41. The van der Waals surface area contributed by atoms with Crippen LogP contribution in [0.25, 0.3) is 11.5 Å². The molecule has 4 nitrogen and oxygen atoms in total. The molecular weight excluding hydrogens is 299 g/mol. The van der Waals surface area contributed by atoms with Gasteiger partial charge in [0, 0.05) is 0 Å². The number of aromatic nitrogens is 1. The van der Waals surface area contributed by atoms with Gasteiger partial charge in [-0.15, -0.1) is 0 Å². The van der Waals surface area contributed by atoms with Crippen molar-refractivity contribution < 1.29 is 27.5 Å². The summed E-state index contributed by atoms with van der Waals surface area (Å²) < 4.78 is 42.8. The topological polar surface area (TPSA) is 63.3 Å². The molecule has 2 rings (SSSR count). The zero-order chi connectivity index (χ0) is 14.9. The average molecular weight is 306 g/mol. The van der Waals surface area contributed by atoms with Crippen LogP contribution >= 0.6 is 11.6 Å². The first kappa shape index (κ1) is 14.4. The monoisotopic (exact) mass is 305 g/mol. The van der Waals surface area contributed by atoms with Crippen molar-refractivity contribution in [1.82, 2.24) is 4.98 Å². The van der Waals surface area contributed by atoms with Crippen molar-refractivity contribution in [2.24, 2.45) is 0 Å². The van der Waals surface area contributed by atoms with Crippen LogP contribution in [-0.2, 0) is 17.4 Å². The summed E-state index contributed by atoms with van der Waals surface area (Å²) in [6, 6.07) is 2.73. The number of carboxylic acids is 1. The number of carbonyl (C=O) groups is 1. The molecule has 0 saturated heterocycles. The van der Waals surface area contributed by atoms with Gasteiger partial charge in [0.1, 0.15) is 6.26 Å². The van der Waals surface area contributed by atoms with Gasteiger partial charge in [-0.25, -0.2) is 4.98 Å². The second-order valence-electron chi connectivity index (χ2n) is 3.91. The third-order valence-corrected chi connectivity index (χ3v) is 2.74. The van der Waals surface area contributed by atoms with Crippen molar-refractivity contribution >= 4 is 17.6 Å². The summed E-state index contributed by atoms with van der Waals surface area (Å²) in [5, 5.41) is 8.63. The molecule has 0 saturated carbocycles. The largest absolute Gasteiger partial charge is 0.481 e. The number of carboxylic acid groups (broad SMARTS) is 1. The van der Waals surface area contributed by atoms with E-state index in [9.17, 15) is 18.0 Å². The lowest BCUT2D eigenvalue weighted by molar-refractivity contribution is -0.138. The van der Waals surface area contributed by atoms with Gasteiger partial charge >= 0.3 is 12.1 Å². The SMILES string of the molecule is O=C(O)Cc1coc(-c2cc(C(F)(F)F)ccc2Cl)n1. The minimum Gasteiger partial charge on any atom is -0.481 e. The van der Waals surface area contributed by atoms with Gasteiger partial charge in [0.2, 0.25) is 5.89 Å². The first-order valence-corrected chi connectivity index (χ1v) is 5.68. The van der Waals surface area contributed by atoms with Crippen molar-refractivity contribution in [2.75, 3.05) is 0 Å². The zero-order valence-electron chi connectivity index (χ0n) is 9.74. The number of oxazole rings is 1. The van der Waals surface area contributed by atoms with Crippen molar-refractivity contribution in [3.05, 3.63) is 40.7 Å². The summed E-state index contributed by atoms with van der Waals surface area (Å²) in [7, 11) is 0. The van der Waals surface area contributed by atoms with E-state index in [1.807, 2.05) is 0 Å². The number of rotatable bonds is 3. The molecule has 0 atom stereocenters. The summed E-state index contributed by atoms with van der Waals surface area (Å²) in [5.74, 6) is -1.28. The molecule has 0 aliphatic carbocycles. The van der Waals surface area contributed by atoms with E-state index in [1.54, 1.807) is 0 Å². The lowest BCUT2D eigenvalue weighted by Crippen LogP contribution is -2.05. The minimum atomic E-state index is -4.52. The summed E-state index contributed by atoms with van der Waals surface area (Å²) in [4.78, 5) is 14.3. The van der Waals surface area contributed by atoms with Crippen LogP contribution in [-0.4, -0.2) is 16.1 Å². The van der Waals surface area contributed by atoms with E-state index in [-0.39, 0.29) is 28.6 Å². The predicted molar refractivity (Wildman–Crippen MR) is 63.3 cm³/mol. The highest BCUT2D eigenvalue weighted by Crippen LogP contribution is 2.35. The van der Waals surface area contributed by atoms with Crippen molar-refractivity contribution in [3.8, 4) is 11.5 Å². The fourth-order valence-electron chi connectivity index (χ4n) is 1.53. The Kier molecular flexibility index (Phi) is 3.71. The third kappa shape index (κ3) is 3.11. The molecule has 1 N–H and O–H groups in total. The number of hydrogen-bond acceptors (Lipinski definition) is 3. The molecule has 0 unspecified atom stereocenters. The zero-order valence-corrected chi connectivity index (χ0v) is 10.5. The molecule has 1 aromatic heterocycles. The van der Waals surface area contributed by atoms with Gasteiger partial charge < -0.3 is 9.52 Å². The molecular formula is C12H7ClF3NO3. The van der Waals surface area contributed by atoms with Crippen molar-refractivity contribution in [1.29, 1.82) is 0 Å². The Labute approximate surface area is 115 Å². The molecule has 0 spiro atoms. The lowest BCUT2D eigenvalue weighted by atomic mass is 10.1. The molecule has 20 heavy (non-hydrogen) atoms. The maximum absolute atomic E-state index is 12.6. The maximum Gasteiger partial charge on any atom is 0.416 e. The van der Waals surface area contributed by atoms with Crippen LogP contribution in [0.3, 0.4) is 0 Å². The van der Waals surface area contributed by atoms with Gasteiger partial charge in [-0.2, -0.15) is 13.2 Å². The lowest BCUT2D eigenvalue weighted by Gasteiger charge is -2.08. The Hall–Kier alpha value is -2.02. The number of benzene rings is 1. The molecule has 0 bridgehead atoms. The van der Waals surface area contributed by atoms with E-state index in [1.165, 1.54) is 0 Å². The molecule has 0 aliphatic heterocycles. The fourth-order valence-corrected chi connectivity index (χ4v) is 1.73. The number of halogens is 4. The van der Waals surface area contributed by atoms with E-state index in [2.05, 4.69) is 4.98 Å². The van der Waals surface area contributed by atoms with Gasteiger partial charge in [0.15, 0.2) is 0 Å². The molecule has 0 amide bonds. The van der Waals surface area contributed by atoms with E-state index < -0.39 is 17.7 Å². The van der Waals surface area contributed by atoms with Crippen LogP contribution in [0.1, 0.15) is 11.3 Å². The highest BCUT2D eigenvalue weighted by molar-refractivity contribution is 6.33. The third-order valence-electron chi connectivity index (χ3n) is 2.41. The fraction of sp³-hybridized carbons (Fsp3) is 0.167. The molecule has 0 radical (unpaired) electrons. The predicted octanol–water partition coefficient (Wildman–Crippen LogP) is 3.64. The van der Waals surface area contributed by atoms with Crippen LogP contribution in [0.5, 0.6) is 0 Å². The van der Waals surface area contributed by atoms with E-state index in [0.717, 1.165) is 24.5 Å². The Bertz CT molecular complexity index is 652. The number of nitrogens with zero attached hydrogens (tertiary/aromatic N) is 1. The van der Waals surface area contributed by atoms with Gasteiger partial charge in [-0.05, 0) is 18.2 Å². The summed E-state index contributed by atoms with van der Waals surface area (Å²) >= 11 is 5.81. The number of aliphatic carboxylic acids is 1. The molecule has 1 heterocycles. The van der Waals surface area contributed by atoms with Gasteiger partial charge in [-0.1, -0.05) is 11.6 Å². The highest BCUT2D eigenvalue weighted by atomic mass is 35.5. The van der Waals surface area contributed by atoms with Crippen LogP contribution in [0, 0.1) is 0 Å². The van der Waals surface area contributed by atoms with Crippen LogP contribution in [0.2, 0.25) is 5.02 Å². The van der Waals surface area contributed by atoms with E-state index in [4.69, 9.17) is 21.1 Å². The Morgan fingerprint density at radius 2 is 2.10 bits per heavy atom. The van der Waals surface area contributed by atoms with Crippen LogP contribution in [0.15, 0.2) is 28.9 Å². The average Bonchev–Trinajstić information content (AvgIpc) is 2.75.